The minimum absolute atomic E-state index is 0.233. The quantitative estimate of drug-likeness (QED) is 0.567. The smallest absolute Gasteiger partial charge is 0.191 e. The molecule has 0 spiro atoms. The number of halogens is 1. The first-order chi connectivity index (χ1) is 13.4. The topological polar surface area (TPSA) is 86.7 Å². The van der Waals surface area contributed by atoms with Crippen LogP contribution in [0.15, 0.2) is 52.5 Å². The van der Waals surface area contributed by atoms with E-state index in [-0.39, 0.29) is 6.04 Å². The van der Waals surface area contributed by atoms with Crippen LogP contribution in [0.1, 0.15) is 12.0 Å². The molecule has 2 N–H and O–H groups in total. The van der Waals surface area contributed by atoms with Crippen molar-refractivity contribution in [2.75, 3.05) is 31.3 Å². The number of anilines is 1. The van der Waals surface area contributed by atoms with Crippen LogP contribution >= 0.6 is 11.6 Å². The zero-order valence-corrected chi connectivity index (χ0v) is 17.5. The Morgan fingerprint density at radius 3 is 2.71 bits per heavy atom. The molecule has 0 aliphatic carbocycles. The molecule has 7 nitrogen and oxygen atoms in total. The summed E-state index contributed by atoms with van der Waals surface area (Å²) in [4.78, 5) is 11.1. The molecule has 0 radical (unpaired) electrons. The van der Waals surface area contributed by atoms with Crippen molar-refractivity contribution >= 4 is 33.2 Å². The number of nitrogens with zero attached hydrogens (tertiary/aromatic N) is 3. The molecular formula is C19H24ClN5O2S. The van der Waals surface area contributed by atoms with Crippen LogP contribution in [0.3, 0.4) is 0 Å². The van der Waals surface area contributed by atoms with Crippen molar-refractivity contribution < 1.29 is 8.42 Å². The van der Waals surface area contributed by atoms with Crippen LogP contribution in [0.2, 0.25) is 5.02 Å². The van der Waals surface area contributed by atoms with E-state index in [2.05, 4.69) is 25.5 Å². The molecule has 3 rings (SSSR count). The predicted molar refractivity (Wildman–Crippen MR) is 113 cm³/mol. The first-order valence-electron chi connectivity index (χ1n) is 8.98. The van der Waals surface area contributed by atoms with Crippen LogP contribution in [0.4, 0.5) is 5.82 Å². The molecule has 1 atom stereocenters. The first kappa shape index (κ1) is 20.4. The number of nitrogens with one attached hydrogen (secondary N) is 2. The monoisotopic (exact) mass is 421 g/mol. The van der Waals surface area contributed by atoms with Gasteiger partial charge in [-0.05, 0) is 36.2 Å². The number of aromatic nitrogens is 1. The standard InChI is InChI=1S/C19H24ClN5O2S/c1-21-19(23-12-14-5-7-16(8-6-14)28(2,26)27)24-15-9-11-25(13-15)18-17(20)4-3-10-22-18/h3-8,10,15H,9,11-13H2,1-2H3,(H2,21,23,24). The van der Waals surface area contributed by atoms with Gasteiger partial charge < -0.3 is 15.5 Å². The molecule has 9 heteroatoms. The van der Waals surface area contributed by atoms with E-state index < -0.39 is 9.84 Å². The van der Waals surface area contributed by atoms with Gasteiger partial charge in [-0.3, -0.25) is 4.99 Å². The van der Waals surface area contributed by atoms with Gasteiger partial charge >= 0.3 is 0 Å². The molecule has 1 aliphatic rings. The zero-order valence-electron chi connectivity index (χ0n) is 15.9. The Kier molecular flexibility index (Phi) is 6.41. The minimum atomic E-state index is -3.18. The van der Waals surface area contributed by atoms with E-state index in [0.717, 1.165) is 30.9 Å². The number of aliphatic imine (C=N–C) groups is 1. The van der Waals surface area contributed by atoms with E-state index in [1.807, 2.05) is 12.1 Å². The second-order valence-corrected chi connectivity index (χ2v) is 9.15. The van der Waals surface area contributed by atoms with Gasteiger partial charge in [0.25, 0.3) is 0 Å². The van der Waals surface area contributed by atoms with Gasteiger partial charge in [0.05, 0.1) is 9.92 Å². The summed E-state index contributed by atoms with van der Waals surface area (Å²) >= 11 is 6.24. The highest BCUT2D eigenvalue weighted by molar-refractivity contribution is 7.90. The van der Waals surface area contributed by atoms with Gasteiger partial charge in [-0.25, -0.2) is 13.4 Å². The molecule has 0 saturated carbocycles. The second-order valence-electron chi connectivity index (χ2n) is 6.73. The first-order valence-corrected chi connectivity index (χ1v) is 11.3. The molecule has 0 bridgehead atoms. The lowest BCUT2D eigenvalue weighted by Gasteiger charge is -2.20. The molecule has 150 valence electrons. The summed E-state index contributed by atoms with van der Waals surface area (Å²) in [6.07, 6.45) is 3.91. The Morgan fingerprint density at radius 2 is 2.07 bits per heavy atom. The summed E-state index contributed by atoms with van der Waals surface area (Å²) in [7, 11) is -1.45. The summed E-state index contributed by atoms with van der Waals surface area (Å²) in [5, 5.41) is 7.34. The number of hydrogen-bond donors (Lipinski definition) is 2. The molecular weight excluding hydrogens is 398 g/mol. The number of hydrogen-bond acceptors (Lipinski definition) is 5. The highest BCUT2D eigenvalue weighted by Crippen LogP contribution is 2.25. The normalized spacial score (nSPS) is 17.6. The summed E-state index contributed by atoms with van der Waals surface area (Å²) in [5.74, 6) is 1.51. The lowest BCUT2D eigenvalue weighted by atomic mass is 10.2. The maximum atomic E-state index is 11.5. The van der Waals surface area contributed by atoms with Crippen molar-refractivity contribution in [3.8, 4) is 0 Å². The van der Waals surface area contributed by atoms with Crippen LogP contribution in [0, 0.1) is 0 Å². The number of pyridine rings is 1. The van der Waals surface area contributed by atoms with Crippen molar-refractivity contribution in [1.82, 2.24) is 15.6 Å². The number of guanidine groups is 1. The molecule has 1 aromatic heterocycles. The fourth-order valence-electron chi connectivity index (χ4n) is 3.11. The lowest BCUT2D eigenvalue weighted by molar-refractivity contribution is 0.602. The molecule has 28 heavy (non-hydrogen) atoms. The Hall–Kier alpha value is -2.32. The van der Waals surface area contributed by atoms with E-state index >= 15 is 0 Å². The van der Waals surface area contributed by atoms with Crippen LogP contribution in [0.5, 0.6) is 0 Å². The van der Waals surface area contributed by atoms with Crippen molar-refractivity contribution in [2.45, 2.75) is 23.9 Å². The molecule has 2 aromatic rings. The van der Waals surface area contributed by atoms with E-state index in [1.54, 1.807) is 37.5 Å². The zero-order chi connectivity index (χ0) is 20.1. The van der Waals surface area contributed by atoms with E-state index in [9.17, 15) is 8.42 Å². The highest BCUT2D eigenvalue weighted by atomic mass is 35.5. The van der Waals surface area contributed by atoms with Crippen molar-refractivity contribution in [2.24, 2.45) is 4.99 Å². The van der Waals surface area contributed by atoms with E-state index in [4.69, 9.17) is 11.6 Å². The predicted octanol–water partition coefficient (Wildman–Crippen LogP) is 2.08. The third-order valence-electron chi connectivity index (χ3n) is 4.60. The molecule has 2 heterocycles. The van der Waals surface area contributed by atoms with Crippen LogP contribution in [-0.4, -0.2) is 51.8 Å². The van der Waals surface area contributed by atoms with E-state index in [0.29, 0.717) is 22.4 Å². The van der Waals surface area contributed by atoms with Gasteiger partial charge in [0.2, 0.25) is 0 Å². The Bertz CT molecular complexity index is 947. The van der Waals surface area contributed by atoms with Crippen LogP contribution in [0.25, 0.3) is 0 Å². The molecule has 1 aromatic carbocycles. The van der Waals surface area contributed by atoms with Gasteiger partial charge in [0.15, 0.2) is 15.8 Å². The SMILES string of the molecule is CN=C(NCc1ccc(S(C)(=O)=O)cc1)NC1CCN(c2ncccc2Cl)C1. The average Bonchev–Trinajstić information content (AvgIpc) is 3.13. The maximum absolute atomic E-state index is 11.5. The molecule has 0 amide bonds. The largest absolute Gasteiger partial charge is 0.353 e. The molecule has 1 unspecified atom stereocenters. The lowest BCUT2D eigenvalue weighted by Crippen LogP contribution is -2.44. The molecule has 1 saturated heterocycles. The summed E-state index contributed by atoms with van der Waals surface area (Å²) < 4.78 is 23.1. The number of sulfone groups is 1. The third kappa shape index (κ3) is 5.14. The minimum Gasteiger partial charge on any atom is -0.353 e. The van der Waals surface area contributed by atoms with Gasteiger partial charge in [-0.15, -0.1) is 0 Å². The van der Waals surface area contributed by atoms with Gasteiger partial charge in [0, 0.05) is 45.2 Å². The van der Waals surface area contributed by atoms with Gasteiger partial charge in [-0.1, -0.05) is 23.7 Å². The number of benzene rings is 1. The van der Waals surface area contributed by atoms with Crippen molar-refractivity contribution in [1.29, 1.82) is 0 Å². The summed E-state index contributed by atoms with van der Waals surface area (Å²) in [5.41, 5.74) is 0.976. The Labute approximate surface area is 170 Å². The fourth-order valence-corrected chi connectivity index (χ4v) is 3.98. The highest BCUT2D eigenvalue weighted by Gasteiger charge is 2.25. The van der Waals surface area contributed by atoms with Gasteiger partial charge in [-0.2, -0.15) is 0 Å². The van der Waals surface area contributed by atoms with Gasteiger partial charge in [0.1, 0.15) is 5.82 Å². The Balaban J connectivity index is 1.53. The number of rotatable bonds is 5. The van der Waals surface area contributed by atoms with Crippen molar-refractivity contribution in [3.63, 3.8) is 0 Å². The average molecular weight is 422 g/mol. The second kappa shape index (κ2) is 8.79. The van der Waals surface area contributed by atoms with Crippen LogP contribution in [-0.2, 0) is 16.4 Å². The summed E-state index contributed by atoms with van der Waals surface area (Å²) in [6.45, 7) is 2.21. The third-order valence-corrected chi connectivity index (χ3v) is 6.03. The molecule has 1 aliphatic heterocycles. The van der Waals surface area contributed by atoms with E-state index in [1.165, 1.54) is 6.26 Å². The fraction of sp³-hybridized carbons (Fsp3) is 0.368. The van der Waals surface area contributed by atoms with Crippen LogP contribution < -0.4 is 15.5 Å². The summed E-state index contributed by atoms with van der Waals surface area (Å²) in [6, 6.07) is 10.7. The van der Waals surface area contributed by atoms with Crippen molar-refractivity contribution in [3.05, 3.63) is 53.2 Å². The molecule has 1 fully saturated rings. The Morgan fingerprint density at radius 1 is 1.32 bits per heavy atom. The maximum Gasteiger partial charge on any atom is 0.191 e.